The third kappa shape index (κ3) is 5.75. The molecule has 1 aliphatic carbocycles. The van der Waals surface area contributed by atoms with Gasteiger partial charge in [0.15, 0.2) is 0 Å². The summed E-state index contributed by atoms with van der Waals surface area (Å²) in [7, 11) is -3.70. The summed E-state index contributed by atoms with van der Waals surface area (Å²) in [6.07, 6.45) is 2.24. The number of rotatable bonds is 10. The number of hydrogen-bond donors (Lipinski definition) is 2. The first kappa shape index (κ1) is 23.9. The van der Waals surface area contributed by atoms with E-state index in [1.807, 2.05) is 30.3 Å². The molecule has 1 unspecified atom stereocenters. The minimum absolute atomic E-state index is 0.0685. The number of aryl methyl sites for hydroxylation is 1. The molecule has 8 heteroatoms. The zero-order chi connectivity index (χ0) is 23.3. The van der Waals surface area contributed by atoms with E-state index in [-0.39, 0.29) is 22.4 Å². The number of nitrogens with zero attached hydrogens (tertiary/aromatic N) is 1. The highest BCUT2D eigenvalue weighted by Gasteiger charge is 2.30. The Morgan fingerprint density at radius 3 is 2.31 bits per heavy atom. The van der Waals surface area contributed by atoms with E-state index in [1.54, 1.807) is 26.8 Å². The smallest absolute Gasteiger partial charge is 0.252 e. The SMILES string of the molecule is CCN(CC)S(=O)(=O)c1ccc(C)c(C(=O)NC(Cc2ccccc2)C(=O)NC2CC2)c1. The van der Waals surface area contributed by atoms with Gasteiger partial charge in [0.05, 0.1) is 4.90 Å². The van der Waals surface area contributed by atoms with Gasteiger partial charge in [-0.25, -0.2) is 8.42 Å². The number of nitrogens with one attached hydrogen (secondary N) is 2. The molecule has 3 rings (SSSR count). The van der Waals surface area contributed by atoms with E-state index in [9.17, 15) is 18.0 Å². The molecule has 1 atom stereocenters. The van der Waals surface area contributed by atoms with Gasteiger partial charge >= 0.3 is 0 Å². The van der Waals surface area contributed by atoms with Crippen molar-refractivity contribution in [1.29, 1.82) is 0 Å². The van der Waals surface area contributed by atoms with Crippen LogP contribution >= 0.6 is 0 Å². The topological polar surface area (TPSA) is 95.6 Å². The molecule has 1 aliphatic rings. The molecule has 32 heavy (non-hydrogen) atoms. The Morgan fingerprint density at radius 2 is 1.72 bits per heavy atom. The zero-order valence-corrected chi connectivity index (χ0v) is 19.6. The zero-order valence-electron chi connectivity index (χ0n) is 18.8. The van der Waals surface area contributed by atoms with Gasteiger partial charge in [-0.05, 0) is 43.0 Å². The van der Waals surface area contributed by atoms with Crippen LogP contribution in [0.15, 0.2) is 53.4 Å². The molecule has 0 spiro atoms. The number of amides is 2. The fraction of sp³-hybridized carbons (Fsp3) is 0.417. The summed E-state index contributed by atoms with van der Waals surface area (Å²) in [6, 6.07) is 13.4. The van der Waals surface area contributed by atoms with E-state index in [4.69, 9.17) is 0 Å². The van der Waals surface area contributed by atoms with Crippen molar-refractivity contribution in [2.45, 2.75) is 57.0 Å². The maximum absolute atomic E-state index is 13.2. The van der Waals surface area contributed by atoms with E-state index in [0.717, 1.165) is 18.4 Å². The number of carbonyl (C=O) groups excluding carboxylic acids is 2. The van der Waals surface area contributed by atoms with Crippen LogP contribution in [-0.4, -0.2) is 49.7 Å². The van der Waals surface area contributed by atoms with Gasteiger partial charge in [-0.2, -0.15) is 4.31 Å². The Bertz CT molecular complexity index is 1060. The number of sulfonamides is 1. The van der Waals surface area contributed by atoms with Crippen LogP contribution in [0.2, 0.25) is 0 Å². The fourth-order valence-corrected chi connectivity index (χ4v) is 5.03. The summed E-state index contributed by atoms with van der Waals surface area (Å²) >= 11 is 0. The Balaban J connectivity index is 1.85. The van der Waals surface area contributed by atoms with Crippen molar-refractivity contribution in [1.82, 2.24) is 14.9 Å². The summed E-state index contributed by atoms with van der Waals surface area (Å²) in [4.78, 5) is 26.0. The lowest BCUT2D eigenvalue weighted by atomic mass is 10.0. The summed E-state index contributed by atoms with van der Waals surface area (Å²) < 4.78 is 27.2. The molecule has 0 radical (unpaired) electrons. The maximum atomic E-state index is 13.2. The molecule has 0 aromatic heterocycles. The molecule has 2 aromatic rings. The number of hydrogen-bond acceptors (Lipinski definition) is 4. The number of carbonyl (C=O) groups is 2. The van der Waals surface area contributed by atoms with Gasteiger partial charge in [0, 0.05) is 31.1 Å². The molecule has 2 N–H and O–H groups in total. The first-order valence-electron chi connectivity index (χ1n) is 11.0. The lowest BCUT2D eigenvalue weighted by Gasteiger charge is -2.21. The quantitative estimate of drug-likeness (QED) is 0.573. The third-order valence-corrected chi connectivity index (χ3v) is 7.67. The molecule has 0 saturated heterocycles. The Morgan fingerprint density at radius 1 is 1.06 bits per heavy atom. The van der Waals surface area contributed by atoms with Gasteiger partial charge < -0.3 is 10.6 Å². The van der Waals surface area contributed by atoms with Gasteiger partial charge in [0.25, 0.3) is 5.91 Å². The second kappa shape index (κ2) is 10.3. The van der Waals surface area contributed by atoms with Crippen LogP contribution in [0.25, 0.3) is 0 Å². The molecule has 1 fully saturated rings. The summed E-state index contributed by atoms with van der Waals surface area (Å²) in [5.74, 6) is -0.694. The van der Waals surface area contributed by atoms with E-state index in [0.29, 0.717) is 25.1 Å². The van der Waals surface area contributed by atoms with Crippen LogP contribution in [0.1, 0.15) is 48.2 Å². The van der Waals surface area contributed by atoms with Crippen molar-refractivity contribution < 1.29 is 18.0 Å². The summed E-state index contributed by atoms with van der Waals surface area (Å²) in [5, 5.41) is 5.79. The minimum Gasteiger partial charge on any atom is -0.352 e. The Labute approximate surface area is 190 Å². The van der Waals surface area contributed by atoms with Crippen LogP contribution in [0.5, 0.6) is 0 Å². The second-order valence-corrected chi connectivity index (χ2v) is 10.0. The molecule has 1 saturated carbocycles. The largest absolute Gasteiger partial charge is 0.352 e. The van der Waals surface area contributed by atoms with Gasteiger partial charge in [0.2, 0.25) is 15.9 Å². The third-order valence-electron chi connectivity index (χ3n) is 5.63. The predicted octanol–water partition coefficient (Wildman–Crippen LogP) is 2.65. The summed E-state index contributed by atoms with van der Waals surface area (Å²) in [6.45, 7) is 5.98. The molecular formula is C24H31N3O4S. The van der Waals surface area contributed by atoms with Crippen LogP contribution in [-0.2, 0) is 21.2 Å². The van der Waals surface area contributed by atoms with Crippen molar-refractivity contribution in [3.05, 3.63) is 65.2 Å². The monoisotopic (exact) mass is 457 g/mol. The van der Waals surface area contributed by atoms with Crippen molar-refractivity contribution in [3.8, 4) is 0 Å². The lowest BCUT2D eigenvalue weighted by molar-refractivity contribution is -0.123. The van der Waals surface area contributed by atoms with Crippen LogP contribution in [0.4, 0.5) is 0 Å². The van der Waals surface area contributed by atoms with Gasteiger partial charge in [0.1, 0.15) is 6.04 Å². The normalized spacial score (nSPS) is 14.8. The molecule has 2 aromatic carbocycles. The molecule has 7 nitrogen and oxygen atoms in total. The average Bonchev–Trinajstić information content (AvgIpc) is 3.58. The van der Waals surface area contributed by atoms with Crippen molar-refractivity contribution >= 4 is 21.8 Å². The van der Waals surface area contributed by atoms with Gasteiger partial charge in [-0.15, -0.1) is 0 Å². The van der Waals surface area contributed by atoms with Crippen molar-refractivity contribution in [3.63, 3.8) is 0 Å². The molecule has 172 valence electrons. The number of benzene rings is 2. The van der Waals surface area contributed by atoms with Crippen molar-refractivity contribution in [2.24, 2.45) is 0 Å². The highest BCUT2D eigenvalue weighted by Crippen LogP contribution is 2.21. The predicted molar refractivity (Wildman–Crippen MR) is 124 cm³/mol. The molecular weight excluding hydrogens is 426 g/mol. The standard InChI is InChI=1S/C24H31N3O4S/c1-4-27(5-2)32(30,31)20-14-11-17(3)21(16-20)23(28)26-22(24(29)25-19-12-13-19)15-18-9-7-6-8-10-18/h6-11,14,16,19,22H,4-5,12-13,15H2,1-3H3,(H,25,29)(H,26,28). The average molecular weight is 458 g/mol. The Hall–Kier alpha value is -2.71. The highest BCUT2D eigenvalue weighted by molar-refractivity contribution is 7.89. The fourth-order valence-electron chi connectivity index (χ4n) is 3.54. The molecule has 0 heterocycles. The van der Waals surface area contributed by atoms with Crippen LogP contribution in [0.3, 0.4) is 0 Å². The maximum Gasteiger partial charge on any atom is 0.252 e. The van der Waals surface area contributed by atoms with E-state index >= 15 is 0 Å². The molecule has 0 aliphatic heterocycles. The first-order chi connectivity index (χ1) is 15.3. The first-order valence-corrected chi connectivity index (χ1v) is 12.5. The molecule has 2 amide bonds. The van der Waals surface area contributed by atoms with Gasteiger partial charge in [-0.3, -0.25) is 9.59 Å². The van der Waals surface area contributed by atoms with Crippen LogP contribution in [0, 0.1) is 6.92 Å². The van der Waals surface area contributed by atoms with E-state index < -0.39 is 22.0 Å². The summed E-state index contributed by atoms with van der Waals surface area (Å²) in [5.41, 5.74) is 1.82. The molecule has 0 bridgehead atoms. The lowest BCUT2D eigenvalue weighted by Crippen LogP contribution is -2.48. The Kier molecular flexibility index (Phi) is 7.69. The second-order valence-electron chi connectivity index (χ2n) is 8.06. The van der Waals surface area contributed by atoms with E-state index in [2.05, 4.69) is 10.6 Å². The van der Waals surface area contributed by atoms with Crippen molar-refractivity contribution in [2.75, 3.05) is 13.1 Å². The van der Waals surface area contributed by atoms with Crippen LogP contribution < -0.4 is 10.6 Å². The minimum atomic E-state index is -3.70. The highest BCUT2D eigenvalue weighted by atomic mass is 32.2. The van der Waals surface area contributed by atoms with E-state index in [1.165, 1.54) is 16.4 Å². The van der Waals surface area contributed by atoms with Gasteiger partial charge in [-0.1, -0.05) is 50.2 Å².